The van der Waals surface area contributed by atoms with Gasteiger partial charge in [-0.2, -0.15) is 4.98 Å². The van der Waals surface area contributed by atoms with Crippen LogP contribution in [-0.2, 0) is 15.8 Å². The van der Waals surface area contributed by atoms with Crippen LogP contribution in [0.1, 0.15) is 88.4 Å². The molecule has 37 heavy (non-hydrogen) atoms. The Bertz CT molecular complexity index is 1260. The number of carbonyl (C=O) groups is 1. The number of anilines is 1. The highest BCUT2D eigenvalue weighted by molar-refractivity contribution is 5.86. The van der Waals surface area contributed by atoms with Gasteiger partial charge in [0, 0.05) is 22.4 Å². The molecule has 0 aliphatic heterocycles. The number of aliphatic hydroxyl groups is 1. The predicted molar refractivity (Wildman–Crippen MR) is 140 cm³/mol. The van der Waals surface area contributed by atoms with Crippen molar-refractivity contribution in [3.63, 3.8) is 0 Å². The maximum Gasteiger partial charge on any atom is 0.411 e. The molecule has 0 saturated heterocycles. The highest BCUT2D eigenvalue weighted by Gasteiger charge is 2.53. The van der Waals surface area contributed by atoms with Gasteiger partial charge in [-0.05, 0) is 94.0 Å². The number of ether oxygens (including phenoxy) is 1. The summed E-state index contributed by atoms with van der Waals surface area (Å²) in [4.78, 5) is 17.5. The summed E-state index contributed by atoms with van der Waals surface area (Å²) in [5, 5.41) is 17.3. The molecular formula is C30H35N3O4. The highest BCUT2D eigenvalue weighted by atomic mass is 16.5. The van der Waals surface area contributed by atoms with E-state index in [0.717, 1.165) is 66.9 Å². The molecule has 1 amide bonds. The third-order valence-corrected chi connectivity index (χ3v) is 8.78. The largest absolute Gasteiger partial charge is 0.449 e. The molecule has 4 aliphatic rings. The van der Waals surface area contributed by atoms with Gasteiger partial charge in [-0.25, -0.2) is 4.79 Å². The zero-order valence-corrected chi connectivity index (χ0v) is 21.6. The van der Waals surface area contributed by atoms with Crippen molar-refractivity contribution >= 4 is 11.8 Å². The van der Waals surface area contributed by atoms with Gasteiger partial charge in [-0.1, -0.05) is 41.6 Å². The van der Waals surface area contributed by atoms with E-state index in [1.54, 1.807) is 13.8 Å². The summed E-state index contributed by atoms with van der Waals surface area (Å²) in [6.07, 6.45) is 8.00. The third kappa shape index (κ3) is 4.89. The van der Waals surface area contributed by atoms with E-state index >= 15 is 0 Å². The fourth-order valence-corrected chi connectivity index (χ4v) is 5.98. The second kappa shape index (κ2) is 8.98. The fraction of sp³-hybridized carbons (Fsp3) is 0.500. The lowest BCUT2D eigenvalue weighted by atomic mass is 9.54. The number of nitrogens with zero attached hydrogens (tertiary/aromatic N) is 2. The average molecular weight is 502 g/mol. The van der Waals surface area contributed by atoms with Gasteiger partial charge in [0.2, 0.25) is 5.89 Å². The number of aromatic nitrogens is 2. The highest BCUT2D eigenvalue weighted by Crippen LogP contribution is 2.57. The molecule has 4 aliphatic carbocycles. The van der Waals surface area contributed by atoms with Crippen LogP contribution in [0.3, 0.4) is 0 Å². The number of amides is 1. The van der Waals surface area contributed by atoms with Crippen LogP contribution >= 0.6 is 0 Å². The first-order chi connectivity index (χ1) is 17.7. The number of fused-ring (bicyclic) bond motifs is 3. The summed E-state index contributed by atoms with van der Waals surface area (Å²) < 4.78 is 11.5. The maximum atomic E-state index is 12.7. The van der Waals surface area contributed by atoms with Gasteiger partial charge in [0.15, 0.2) is 5.82 Å². The van der Waals surface area contributed by atoms with Crippen molar-refractivity contribution in [1.29, 1.82) is 0 Å². The molecule has 1 heterocycles. The van der Waals surface area contributed by atoms with Crippen molar-refractivity contribution < 1.29 is 19.2 Å². The van der Waals surface area contributed by atoms with Gasteiger partial charge in [0.25, 0.3) is 0 Å². The van der Waals surface area contributed by atoms with Gasteiger partial charge in [0.1, 0.15) is 0 Å². The van der Waals surface area contributed by atoms with E-state index in [4.69, 9.17) is 14.2 Å². The Morgan fingerprint density at radius 1 is 1.05 bits per heavy atom. The normalized spacial score (nSPS) is 25.2. The van der Waals surface area contributed by atoms with Crippen molar-refractivity contribution in [1.82, 2.24) is 10.1 Å². The van der Waals surface area contributed by atoms with Crippen molar-refractivity contribution in [3.05, 3.63) is 65.8 Å². The Hall–Kier alpha value is -3.19. The molecule has 7 nitrogen and oxygen atoms in total. The average Bonchev–Trinajstić information content (AvgIpc) is 3.64. The molecule has 0 atom stereocenters. The Morgan fingerprint density at radius 3 is 2.41 bits per heavy atom. The lowest BCUT2D eigenvalue weighted by Crippen LogP contribution is -2.46. The van der Waals surface area contributed by atoms with Crippen LogP contribution in [0.2, 0.25) is 0 Å². The molecule has 7 rings (SSSR count). The minimum absolute atomic E-state index is 0.00964. The van der Waals surface area contributed by atoms with E-state index < -0.39 is 11.7 Å². The molecule has 3 aromatic rings. The van der Waals surface area contributed by atoms with E-state index in [1.165, 1.54) is 12.8 Å². The van der Waals surface area contributed by atoms with Gasteiger partial charge >= 0.3 is 6.09 Å². The molecule has 2 aromatic carbocycles. The van der Waals surface area contributed by atoms with Crippen LogP contribution in [0.15, 0.2) is 53.1 Å². The van der Waals surface area contributed by atoms with Crippen LogP contribution in [-0.4, -0.2) is 27.9 Å². The van der Waals surface area contributed by atoms with Crippen LogP contribution in [0.5, 0.6) is 0 Å². The van der Waals surface area contributed by atoms with Gasteiger partial charge in [-0.15, -0.1) is 0 Å². The Kier molecular flexibility index (Phi) is 5.86. The number of nitrogens with one attached hydrogen (secondary N) is 1. The van der Waals surface area contributed by atoms with Gasteiger partial charge in [-0.3, -0.25) is 5.32 Å². The minimum atomic E-state index is -0.879. The summed E-state index contributed by atoms with van der Waals surface area (Å²) in [6, 6.07) is 15.5. The SMILES string of the molecule is CC(C)(O)c1ccc(-c2cccc(NC(=O)OCC34CCC(c5nc(C6CC6)no5)(CC3)CC4)c2)cc1. The topological polar surface area (TPSA) is 97.5 Å². The lowest BCUT2D eigenvalue weighted by molar-refractivity contribution is -0.0211. The first-order valence-electron chi connectivity index (χ1n) is 13.5. The number of rotatable bonds is 7. The third-order valence-electron chi connectivity index (χ3n) is 8.78. The first kappa shape index (κ1) is 24.2. The van der Waals surface area contributed by atoms with Crippen LogP contribution in [0.25, 0.3) is 11.1 Å². The molecule has 4 fully saturated rings. The fourth-order valence-electron chi connectivity index (χ4n) is 5.98. The molecule has 1 aromatic heterocycles. The standard InChI is InChI=1S/C30H35N3O4/c1-28(2,35)23-10-8-20(9-11-23)22-4-3-5-24(18-22)31-27(34)36-19-29-12-15-30(16-13-29,17-14-29)26-32-25(33-37-26)21-6-7-21/h3-5,8-11,18,21,35H,6-7,12-17,19H2,1-2H3,(H,31,34). The quantitative estimate of drug-likeness (QED) is 0.375. The van der Waals surface area contributed by atoms with E-state index in [1.807, 2.05) is 48.5 Å². The number of benzene rings is 2. The van der Waals surface area contributed by atoms with E-state index in [9.17, 15) is 9.90 Å². The molecule has 0 radical (unpaired) electrons. The Morgan fingerprint density at radius 2 is 1.76 bits per heavy atom. The van der Waals surface area contributed by atoms with Crippen LogP contribution in [0, 0.1) is 5.41 Å². The van der Waals surface area contributed by atoms with Crippen molar-refractivity contribution in [2.45, 2.75) is 82.1 Å². The zero-order chi connectivity index (χ0) is 25.7. The Labute approximate surface area is 217 Å². The van der Waals surface area contributed by atoms with Crippen LogP contribution < -0.4 is 5.32 Å². The van der Waals surface area contributed by atoms with Crippen LogP contribution in [0.4, 0.5) is 10.5 Å². The summed E-state index contributed by atoms with van der Waals surface area (Å²) in [6.45, 7) is 3.98. The minimum Gasteiger partial charge on any atom is -0.449 e. The monoisotopic (exact) mass is 501 g/mol. The molecule has 194 valence electrons. The maximum absolute atomic E-state index is 12.7. The van der Waals surface area contributed by atoms with Crippen molar-refractivity contribution in [2.24, 2.45) is 5.41 Å². The van der Waals surface area contributed by atoms with E-state index in [-0.39, 0.29) is 10.8 Å². The number of hydrogen-bond acceptors (Lipinski definition) is 6. The zero-order valence-electron chi connectivity index (χ0n) is 21.6. The second-order valence-electron chi connectivity index (χ2n) is 11.9. The first-order valence-corrected chi connectivity index (χ1v) is 13.5. The Balaban J connectivity index is 1.04. The molecule has 0 spiro atoms. The number of carbonyl (C=O) groups excluding carboxylic acids is 1. The second-order valence-corrected chi connectivity index (χ2v) is 11.9. The summed E-state index contributed by atoms with van der Waals surface area (Å²) in [5.74, 6) is 2.23. The number of hydrogen-bond donors (Lipinski definition) is 2. The van der Waals surface area contributed by atoms with Gasteiger partial charge in [0.05, 0.1) is 12.2 Å². The van der Waals surface area contributed by atoms with Crippen molar-refractivity contribution in [2.75, 3.05) is 11.9 Å². The van der Waals surface area contributed by atoms with Gasteiger partial charge < -0.3 is 14.4 Å². The predicted octanol–water partition coefficient (Wildman–Crippen LogP) is 6.68. The van der Waals surface area contributed by atoms with E-state index in [0.29, 0.717) is 18.2 Å². The molecule has 7 heteroatoms. The molecule has 0 unspecified atom stereocenters. The van der Waals surface area contributed by atoms with E-state index in [2.05, 4.69) is 10.5 Å². The summed E-state index contributed by atoms with van der Waals surface area (Å²) in [5.41, 5.74) is 2.73. The van der Waals surface area contributed by atoms with Crippen molar-refractivity contribution in [3.8, 4) is 11.1 Å². The summed E-state index contributed by atoms with van der Waals surface area (Å²) in [7, 11) is 0. The smallest absolute Gasteiger partial charge is 0.411 e. The summed E-state index contributed by atoms with van der Waals surface area (Å²) >= 11 is 0. The lowest BCUT2D eigenvalue weighted by Gasteiger charge is -2.51. The molecule has 4 saturated carbocycles. The molecular weight excluding hydrogens is 466 g/mol. The molecule has 2 N–H and O–H groups in total. The molecule has 2 bridgehead atoms.